The smallest absolute Gasteiger partial charge is 0.246 e. The molecule has 0 atom stereocenters. The largest absolute Gasteiger partial charge is 0.437 e. The third-order valence-corrected chi connectivity index (χ3v) is 4.39. The number of piperazine rings is 1. The Balaban J connectivity index is 1.37. The Hall–Kier alpha value is -3.08. The van der Waals surface area contributed by atoms with Crippen LogP contribution in [0.15, 0.2) is 65.1 Å². The zero-order valence-electron chi connectivity index (χ0n) is 13.8. The van der Waals surface area contributed by atoms with E-state index in [4.69, 9.17) is 4.42 Å². The summed E-state index contributed by atoms with van der Waals surface area (Å²) in [5.74, 6) is 0.451. The van der Waals surface area contributed by atoms with Crippen molar-refractivity contribution in [3.05, 3.63) is 66.6 Å². The molecule has 1 saturated heterocycles. The van der Waals surface area contributed by atoms with Gasteiger partial charge in [-0.1, -0.05) is 30.3 Å². The van der Waals surface area contributed by atoms with Gasteiger partial charge in [-0.25, -0.2) is 4.98 Å². The summed E-state index contributed by atoms with van der Waals surface area (Å²) in [4.78, 5) is 20.9. The molecule has 0 aliphatic carbocycles. The van der Waals surface area contributed by atoms with Crippen molar-refractivity contribution in [3.63, 3.8) is 0 Å². The Labute approximate surface area is 146 Å². The number of aromatic nitrogens is 1. The number of carbonyl (C=O) groups excluding carboxylic acids is 1. The minimum absolute atomic E-state index is 0.00466. The highest BCUT2D eigenvalue weighted by molar-refractivity contribution is 5.91. The predicted molar refractivity (Wildman–Crippen MR) is 98.3 cm³/mol. The van der Waals surface area contributed by atoms with Crippen LogP contribution >= 0.6 is 0 Å². The molecular formula is C20H19N3O2. The van der Waals surface area contributed by atoms with E-state index in [0.717, 1.165) is 24.2 Å². The fourth-order valence-corrected chi connectivity index (χ4v) is 3.03. The van der Waals surface area contributed by atoms with Crippen LogP contribution in [-0.2, 0) is 4.79 Å². The number of para-hydroxylation sites is 3. The molecule has 1 amide bonds. The Morgan fingerprint density at radius 3 is 2.44 bits per heavy atom. The number of hydrogen-bond donors (Lipinski definition) is 0. The molecule has 0 N–H and O–H groups in total. The van der Waals surface area contributed by atoms with E-state index in [9.17, 15) is 4.79 Å². The molecule has 2 aromatic carbocycles. The summed E-state index contributed by atoms with van der Waals surface area (Å²) < 4.78 is 5.60. The molecular weight excluding hydrogens is 314 g/mol. The van der Waals surface area contributed by atoms with Crippen molar-refractivity contribution in [2.45, 2.75) is 0 Å². The monoisotopic (exact) mass is 333 g/mol. The summed E-state index contributed by atoms with van der Waals surface area (Å²) in [7, 11) is 0. The van der Waals surface area contributed by atoms with Crippen molar-refractivity contribution in [1.82, 2.24) is 9.88 Å². The predicted octanol–water partition coefficient (Wildman–Crippen LogP) is 3.19. The van der Waals surface area contributed by atoms with Crippen molar-refractivity contribution in [1.29, 1.82) is 0 Å². The number of amides is 1. The molecule has 126 valence electrons. The van der Waals surface area contributed by atoms with Crippen molar-refractivity contribution in [2.24, 2.45) is 0 Å². The lowest BCUT2D eigenvalue weighted by Gasteiger charge is -2.35. The van der Waals surface area contributed by atoms with Crippen LogP contribution in [0, 0.1) is 0 Å². The first-order valence-corrected chi connectivity index (χ1v) is 8.42. The lowest BCUT2D eigenvalue weighted by Crippen LogP contribution is -2.48. The van der Waals surface area contributed by atoms with E-state index < -0.39 is 0 Å². The first-order chi connectivity index (χ1) is 12.3. The zero-order chi connectivity index (χ0) is 17.1. The number of oxazole rings is 1. The molecule has 0 radical (unpaired) electrons. The Morgan fingerprint density at radius 1 is 0.960 bits per heavy atom. The number of hydrogen-bond acceptors (Lipinski definition) is 4. The summed E-state index contributed by atoms with van der Waals surface area (Å²) in [6.45, 7) is 3.11. The zero-order valence-corrected chi connectivity index (χ0v) is 13.8. The summed E-state index contributed by atoms with van der Waals surface area (Å²) >= 11 is 0. The standard InChI is InChI=1S/C20H19N3O2/c24-20(11-10-19-21-17-8-4-5-9-18(17)25-19)23-14-12-22(13-15-23)16-6-2-1-3-7-16/h1-11H,12-15H2/b11-10+. The maximum absolute atomic E-state index is 12.4. The van der Waals surface area contributed by atoms with Crippen LogP contribution in [0.4, 0.5) is 5.69 Å². The fourth-order valence-electron chi connectivity index (χ4n) is 3.03. The number of anilines is 1. The molecule has 5 heteroatoms. The molecule has 3 aromatic rings. The van der Waals surface area contributed by atoms with Crippen LogP contribution < -0.4 is 4.90 Å². The quantitative estimate of drug-likeness (QED) is 0.691. The van der Waals surface area contributed by atoms with Gasteiger partial charge in [0.15, 0.2) is 5.58 Å². The SMILES string of the molecule is O=C(/C=C/c1nc2ccccc2o1)N1CCN(c2ccccc2)CC1. The molecule has 0 bridgehead atoms. The molecule has 25 heavy (non-hydrogen) atoms. The minimum Gasteiger partial charge on any atom is -0.437 e. The van der Waals surface area contributed by atoms with Crippen LogP contribution in [0.1, 0.15) is 5.89 Å². The van der Waals surface area contributed by atoms with E-state index in [2.05, 4.69) is 22.0 Å². The maximum Gasteiger partial charge on any atom is 0.246 e. The Morgan fingerprint density at radius 2 is 1.68 bits per heavy atom. The molecule has 1 aromatic heterocycles. The van der Waals surface area contributed by atoms with E-state index >= 15 is 0 Å². The average Bonchev–Trinajstić information content (AvgIpc) is 3.10. The molecule has 1 aliphatic heterocycles. The van der Waals surface area contributed by atoms with Crippen LogP contribution in [0.25, 0.3) is 17.2 Å². The van der Waals surface area contributed by atoms with E-state index in [1.165, 1.54) is 5.69 Å². The van der Waals surface area contributed by atoms with Crippen LogP contribution in [-0.4, -0.2) is 42.0 Å². The lowest BCUT2D eigenvalue weighted by molar-refractivity contribution is -0.126. The topological polar surface area (TPSA) is 49.6 Å². The van der Waals surface area contributed by atoms with E-state index in [1.54, 1.807) is 12.2 Å². The van der Waals surface area contributed by atoms with Gasteiger partial charge >= 0.3 is 0 Å². The van der Waals surface area contributed by atoms with E-state index in [-0.39, 0.29) is 5.91 Å². The van der Waals surface area contributed by atoms with Crippen molar-refractivity contribution >= 4 is 28.8 Å². The summed E-state index contributed by atoms with van der Waals surface area (Å²) in [6.07, 6.45) is 3.19. The molecule has 1 fully saturated rings. The second-order valence-electron chi connectivity index (χ2n) is 6.00. The fraction of sp³-hybridized carbons (Fsp3) is 0.200. The van der Waals surface area contributed by atoms with Gasteiger partial charge in [0, 0.05) is 44.0 Å². The molecule has 5 nitrogen and oxygen atoms in total. The molecule has 0 unspecified atom stereocenters. The highest BCUT2D eigenvalue weighted by Gasteiger charge is 2.19. The van der Waals surface area contributed by atoms with Crippen molar-refractivity contribution < 1.29 is 9.21 Å². The van der Waals surface area contributed by atoms with Gasteiger partial charge in [-0.15, -0.1) is 0 Å². The highest BCUT2D eigenvalue weighted by Crippen LogP contribution is 2.17. The Kier molecular flexibility index (Phi) is 4.21. The van der Waals surface area contributed by atoms with Gasteiger partial charge in [-0.05, 0) is 24.3 Å². The first kappa shape index (κ1) is 15.4. The normalized spacial score (nSPS) is 15.2. The van der Waals surface area contributed by atoms with Gasteiger partial charge in [0.1, 0.15) is 5.52 Å². The maximum atomic E-state index is 12.4. The first-order valence-electron chi connectivity index (χ1n) is 8.42. The van der Waals surface area contributed by atoms with Crippen LogP contribution in [0.3, 0.4) is 0 Å². The van der Waals surface area contributed by atoms with Crippen molar-refractivity contribution in [2.75, 3.05) is 31.1 Å². The number of benzene rings is 2. The third-order valence-electron chi connectivity index (χ3n) is 4.39. The Bertz CT molecular complexity index is 860. The molecule has 0 spiro atoms. The number of rotatable bonds is 3. The average molecular weight is 333 g/mol. The second kappa shape index (κ2) is 6.81. The number of carbonyl (C=O) groups is 1. The summed E-state index contributed by atoms with van der Waals surface area (Å²) in [5.41, 5.74) is 2.73. The van der Waals surface area contributed by atoms with Gasteiger partial charge in [0.05, 0.1) is 0 Å². The highest BCUT2D eigenvalue weighted by atomic mass is 16.3. The van der Waals surface area contributed by atoms with Gasteiger partial charge in [-0.3, -0.25) is 4.79 Å². The lowest BCUT2D eigenvalue weighted by atomic mass is 10.2. The third kappa shape index (κ3) is 3.40. The van der Waals surface area contributed by atoms with E-state index in [1.807, 2.05) is 47.4 Å². The molecule has 0 saturated carbocycles. The van der Waals surface area contributed by atoms with Crippen LogP contribution in [0.5, 0.6) is 0 Å². The summed E-state index contributed by atoms with van der Waals surface area (Å²) in [6, 6.07) is 17.9. The molecule has 2 heterocycles. The van der Waals surface area contributed by atoms with Gasteiger partial charge in [0.25, 0.3) is 0 Å². The molecule has 4 rings (SSSR count). The van der Waals surface area contributed by atoms with E-state index in [0.29, 0.717) is 19.0 Å². The van der Waals surface area contributed by atoms with Crippen molar-refractivity contribution in [3.8, 4) is 0 Å². The minimum atomic E-state index is -0.00466. The second-order valence-corrected chi connectivity index (χ2v) is 6.00. The van der Waals surface area contributed by atoms with Gasteiger partial charge < -0.3 is 14.2 Å². The summed E-state index contributed by atoms with van der Waals surface area (Å²) in [5, 5.41) is 0. The van der Waals surface area contributed by atoms with Crippen LogP contribution in [0.2, 0.25) is 0 Å². The van der Waals surface area contributed by atoms with Gasteiger partial charge in [-0.2, -0.15) is 0 Å². The van der Waals surface area contributed by atoms with Gasteiger partial charge in [0.2, 0.25) is 11.8 Å². The number of nitrogens with zero attached hydrogens (tertiary/aromatic N) is 3. The number of fused-ring (bicyclic) bond motifs is 1. The molecule has 1 aliphatic rings.